The van der Waals surface area contributed by atoms with Gasteiger partial charge in [0.2, 0.25) is 0 Å². The molecule has 1 saturated carbocycles. The molecule has 0 aliphatic heterocycles. The Labute approximate surface area is 114 Å². The van der Waals surface area contributed by atoms with Crippen LogP contribution in [-0.4, -0.2) is 5.11 Å². The first-order valence-electron chi connectivity index (χ1n) is 7.50. The van der Waals surface area contributed by atoms with E-state index in [1.807, 2.05) is 6.07 Å². The maximum absolute atomic E-state index is 13.3. The van der Waals surface area contributed by atoms with Gasteiger partial charge in [-0.3, -0.25) is 0 Å². The summed E-state index contributed by atoms with van der Waals surface area (Å²) >= 11 is 0. The van der Waals surface area contributed by atoms with Crippen LogP contribution in [-0.2, 0) is 12.0 Å². The molecule has 0 saturated heterocycles. The third kappa shape index (κ3) is 2.20. The zero-order chi connectivity index (χ0) is 13.6. The SMILES string of the molecule is CC1CC(C)CC(C2(O)CCc3cc(F)ccc32)C1. The van der Waals surface area contributed by atoms with Gasteiger partial charge in [0.05, 0.1) is 5.60 Å². The van der Waals surface area contributed by atoms with Gasteiger partial charge in [-0.05, 0) is 73.1 Å². The van der Waals surface area contributed by atoms with Gasteiger partial charge in [0.15, 0.2) is 0 Å². The summed E-state index contributed by atoms with van der Waals surface area (Å²) in [7, 11) is 0. The van der Waals surface area contributed by atoms with E-state index < -0.39 is 5.60 Å². The monoisotopic (exact) mass is 262 g/mol. The minimum Gasteiger partial charge on any atom is -0.385 e. The molecule has 1 nitrogen and oxygen atoms in total. The fraction of sp³-hybridized carbons (Fsp3) is 0.647. The maximum atomic E-state index is 13.3. The lowest BCUT2D eigenvalue weighted by Crippen LogP contribution is -2.37. The smallest absolute Gasteiger partial charge is 0.123 e. The summed E-state index contributed by atoms with van der Waals surface area (Å²) in [6.45, 7) is 4.57. The first-order chi connectivity index (χ1) is 8.99. The molecule has 0 radical (unpaired) electrons. The van der Waals surface area contributed by atoms with Crippen LogP contribution < -0.4 is 0 Å². The second-order valence-electron chi connectivity index (χ2n) is 6.84. The van der Waals surface area contributed by atoms with Crippen LogP contribution in [0.3, 0.4) is 0 Å². The number of hydrogen-bond acceptors (Lipinski definition) is 1. The lowest BCUT2D eigenvalue weighted by Gasteiger charge is -2.41. The summed E-state index contributed by atoms with van der Waals surface area (Å²) in [4.78, 5) is 0. The highest BCUT2D eigenvalue weighted by atomic mass is 19.1. The van der Waals surface area contributed by atoms with E-state index in [9.17, 15) is 9.50 Å². The quantitative estimate of drug-likeness (QED) is 0.810. The lowest BCUT2D eigenvalue weighted by atomic mass is 9.68. The van der Waals surface area contributed by atoms with Crippen molar-refractivity contribution in [2.45, 2.75) is 51.6 Å². The highest BCUT2D eigenvalue weighted by Gasteiger charge is 2.45. The molecule has 0 aromatic heterocycles. The van der Waals surface area contributed by atoms with E-state index in [2.05, 4.69) is 13.8 Å². The predicted molar refractivity (Wildman–Crippen MR) is 74.3 cm³/mol. The molecule has 3 atom stereocenters. The molecule has 3 rings (SSSR count). The largest absolute Gasteiger partial charge is 0.385 e. The van der Waals surface area contributed by atoms with Gasteiger partial charge < -0.3 is 5.11 Å². The minimum atomic E-state index is -0.716. The summed E-state index contributed by atoms with van der Waals surface area (Å²) in [5, 5.41) is 11.2. The molecule has 1 N–H and O–H groups in total. The highest BCUT2D eigenvalue weighted by molar-refractivity contribution is 5.38. The van der Waals surface area contributed by atoms with Gasteiger partial charge in [-0.2, -0.15) is 0 Å². The second kappa shape index (κ2) is 4.59. The van der Waals surface area contributed by atoms with Crippen molar-refractivity contribution in [3.8, 4) is 0 Å². The Morgan fingerprint density at radius 1 is 1.16 bits per heavy atom. The summed E-state index contributed by atoms with van der Waals surface area (Å²) in [5.74, 6) is 1.51. The third-order valence-electron chi connectivity index (χ3n) is 5.16. The van der Waals surface area contributed by atoms with Crippen LogP contribution in [0.1, 0.15) is 50.7 Å². The Balaban J connectivity index is 1.93. The van der Waals surface area contributed by atoms with Gasteiger partial charge in [0.1, 0.15) is 5.82 Å². The first-order valence-corrected chi connectivity index (χ1v) is 7.50. The van der Waals surface area contributed by atoms with Gasteiger partial charge in [0.25, 0.3) is 0 Å². The molecular weight excluding hydrogens is 239 g/mol. The summed E-state index contributed by atoms with van der Waals surface area (Å²) in [6.07, 6.45) is 5.02. The van der Waals surface area contributed by atoms with Crippen molar-refractivity contribution in [3.63, 3.8) is 0 Å². The Kier molecular flexibility index (Phi) is 3.17. The van der Waals surface area contributed by atoms with Gasteiger partial charge >= 0.3 is 0 Å². The van der Waals surface area contributed by atoms with Crippen molar-refractivity contribution in [2.24, 2.45) is 17.8 Å². The maximum Gasteiger partial charge on any atom is 0.123 e. The Morgan fingerprint density at radius 3 is 2.53 bits per heavy atom. The minimum absolute atomic E-state index is 0.187. The molecule has 2 heteroatoms. The van der Waals surface area contributed by atoms with Crippen molar-refractivity contribution < 1.29 is 9.50 Å². The standard InChI is InChI=1S/C17H23FO/c1-11-7-12(2)9-14(8-11)17(19)6-5-13-10-15(18)3-4-16(13)17/h3-4,10-12,14,19H,5-9H2,1-2H3. The van der Waals surface area contributed by atoms with E-state index in [1.165, 1.54) is 12.5 Å². The predicted octanol–water partition coefficient (Wildman–Crippen LogP) is 4.03. The summed E-state index contributed by atoms with van der Waals surface area (Å²) in [6, 6.07) is 4.90. The first kappa shape index (κ1) is 13.1. The van der Waals surface area contributed by atoms with Crippen molar-refractivity contribution in [1.29, 1.82) is 0 Å². The Bertz CT molecular complexity index is 474. The van der Waals surface area contributed by atoms with Crippen LogP contribution in [0.4, 0.5) is 4.39 Å². The molecular formula is C17H23FO. The molecule has 2 aliphatic carbocycles. The zero-order valence-corrected chi connectivity index (χ0v) is 11.8. The highest BCUT2D eigenvalue weighted by Crippen LogP contribution is 2.49. The van der Waals surface area contributed by atoms with E-state index >= 15 is 0 Å². The van der Waals surface area contributed by atoms with Gasteiger partial charge in [-0.25, -0.2) is 4.39 Å². The van der Waals surface area contributed by atoms with Crippen molar-refractivity contribution in [2.75, 3.05) is 0 Å². The molecule has 19 heavy (non-hydrogen) atoms. The zero-order valence-electron chi connectivity index (χ0n) is 11.8. The molecule has 0 amide bonds. The number of aryl methyl sites for hydroxylation is 1. The average Bonchev–Trinajstić information content (AvgIpc) is 2.66. The van der Waals surface area contributed by atoms with Gasteiger partial charge in [-0.1, -0.05) is 19.9 Å². The molecule has 0 heterocycles. The van der Waals surface area contributed by atoms with Crippen LogP contribution in [0, 0.1) is 23.6 Å². The van der Waals surface area contributed by atoms with Crippen molar-refractivity contribution in [3.05, 3.63) is 35.1 Å². The fourth-order valence-corrected chi connectivity index (χ4v) is 4.41. The fourth-order valence-electron chi connectivity index (χ4n) is 4.41. The number of hydrogen-bond donors (Lipinski definition) is 1. The second-order valence-corrected chi connectivity index (χ2v) is 6.84. The number of halogens is 1. The van der Waals surface area contributed by atoms with Crippen molar-refractivity contribution >= 4 is 0 Å². The molecule has 1 aromatic carbocycles. The van der Waals surface area contributed by atoms with E-state index in [1.54, 1.807) is 6.07 Å². The van der Waals surface area contributed by atoms with Crippen LogP contribution in [0.2, 0.25) is 0 Å². The molecule has 3 unspecified atom stereocenters. The Hall–Kier alpha value is -0.890. The van der Waals surface area contributed by atoms with Crippen LogP contribution in [0.25, 0.3) is 0 Å². The van der Waals surface area contributed by atoms with Crippen LogP contribution >= 0.6 is 0 Å². The molecule has 0 bridgehead atoms. The topological polar surface area (TPSA) is 20.2 Å². The van der Waals surface area contributed by atoms with Gasteiger partial charge in [-0.15, -0.1) is 0 Å². The van der Waals surface area contributed by atoms with Gasteiger partial charge in [0, 0.05) is 0 Å². The van der Waals surface area contributed by atoms with E-state index in [4.69, 9.17) is 0 Å². The number of fused-ring (bicyclic) bond motifs is 1. The molecule has 1 aromatic rings. The van der Waals surface area contributed by atoms with Crippen LogP contribution in [0.15, 0.2) is 18.2 Å². The van der Waals surface area contributed by atoms with Crippen LogP contribution in [0.5, 0.6) is 0 Å². The average molecular weight is 262 g/mol. The molecule has 1 fully saturated rings. The number of benzene rings is 1. The normalized spacial score (nSPS) is 38.2. The molecule has 104 valence electrons. The number of aliphatic hydroxyl groups is 1. The van der Waals surface area contributed by atoms with E-state index in [-0.39, 0.29) is 5.82 Å². The Morgan fingerprint density at radius 2 is 1.84 bits per heavy atom. The number of rotatable bonds is 1. The summed E-state index contributed by atoms with van der Waals surface area (Å²) in [5.41, 5.74) is 1.28. The van der Waals surface area contributed by atoms with E-state index in [0.29, 0.717) is 17.8 Å². The summed E-state index contributed by atoms with van der Waals surface area (Å²) < 4.78 is 13.3. The lowest BCUT2D eigenvalue weighted by molar-refractivity contribution is -0.0526. The van der Waals surface area contributed by atoms with Crippen molar-refractivity contribution in [1.82, 2.24) is 0 Å². The van der Waals surface area contributed by atoms with E-state index in [0.717, 1.165) is 36.8 Å². The molecule has 2 aliphatic rings. The molecule has 0 spiro atoms. The third-order valence-corrected chi connectivity index (χ3v) is 5.16.